The van der Waals surface area contributed by atoms with Crippen LogP contribution in [0.5, 0.6) is 11.5 Å². The van der Waals surface area contributed by atoms with Crippen LogP contribution in [0.15, 0.2) is 54.1 Å². The zero-order chi connectivity index (χ0) is 18.6. The van der Waals surface area contributed by atoms with Crippen molar-refractivity contribution in [2.24, 2.45) is 0 Å². The molecule has 27 heavy (non-hydrogen) atoms. The highest BCUT2D eigenvalue weighted by atomic mass is 16.7. The second-order valence-corrected chi connectivity index (χ2v) is 6.40. The lowest BCUT2D eigenvalue weighted by Crippen LogP contribution is -2.49. The number of amides is 1. The normalized spacial score (nSPS) is 16.2. The Balaban J connectivity index is 1.44. The molecule has 0 unspecified atom stereocenters. The van der Waals surface area contributed by atoms with E-state index in [9.17, 15) is 10.1 Å². The molecule has 2 heterocycles. The molecular weight excluding hydrogens is 342 g/mol. The summed E-state index contributed by atoms with van der Waals surface area (Å²) in [5, 5.41) is 9.48. The van der Waals surface area contributed by atoms with Crippen LogP contribution >= 0.6 is 0 Å². The van der Waals surface area contributed by atoms with E-state index in [0.29, 0.717) is 24.6 Å². The summed E-state index contributed by atoms with van der Waals surface area (Å²) in [6.45, 7) is 2.87. The molecule has 2 aliphatic rings. The SMILES string of the molecule is N#C/C(=C/c1ccc2c(c1)OCO2)C(=O)N1CCN(c2ccccc2)CC1. The van der Waals surface area contributed by atoms with Crippen molar-refractivity contribution >= 4 is 17.7 Å². The fourth-order valence-corrected chi connectivity index (χ4v) is 3.29. The van der Waals surface area contributed by atoms with Crippen molar-refractivity contribution in [1.82, 2.24) is 4.90 Å². The largest absolute Gasteiger partial charge is 0.454 e. The number of carbonyl (C=O) groups is 1. The number of rotatable bonds is 3. The van der Waals surface area contributed by atoms with Gasteiger partial charge in [0.25, 0.3) is 5.91 Å². The molecule has 0 saturated carbocycles. The number of nitrogens with zero attached hydrogens (tertiary/aromatic N) is 3. The fourth-order valence-electron chi connectivity index (χ4n) is 3.29. The van der Waals surface area contributed by atoms with Crippen LogP contribution in [0.4, 0.5) is 5.69 Å². The average molecular weight is 361 g/mol. The van der Waals surface area contributed by atoms with E-state index in [2.05, 4.69) is 17.0 Å². The highest BCUT2D eigenvalue weighted by Crippen LogP contribution is 2.33. The molecular formula is C21H19N3O3. The monoisotopic (exact) mass is 361 g/mol. The molecule has 2 aromatic rings. The molecule has 6 nitrogen and oxygen atoms in total. The van der Waals surface area contributed by atoms with Gasteiger partial charge in [0.2, 0.25) is 6.79 Å². The molecule has 0 bridgehead atoms. The number of hydrogen-bond donors (Lipinski definition) is 0. The molecule has 0 aromatic heterocycles. The van der Waals surface area contributed by atoms with Gasteiger partial charge in [-0.1, -0.05) is 24.3 Å². The summed E-state index contributed by atoms with van der Waals surface area (Å²) in [4.78, 5) is 16.8. The van der Waals surface area contributed by atoms with Crippen molar-refractivity contribution in [3.63, 3.8) is 0 Å². The molecule has 0 spiro atoms. The summed E-state index contributed by atoms with van der Waals surface area (Å²) in [6.07, 6.45) is 1.61. The molecule has 1 fully saturated rings. The molecule has 0 atom stereocenters. The Labute approximate surface area is 157 Å². The number of ether oxygens (including phenoxy) is 2. The number of para-hydroxylation sites is 1. The van der Waals surface area contributed by atoms with Gasteiger partial charge in [0.1, 0.15) is 11.6 Å². The smallest absolute Gasteiger partial charge is 0.264 e. The third kappa shape index (κ3) is 3.58. The molecule has 0 radical (unpaired) electrons. The molecule has 1 saturated heterocycles. The summed E-state index contributed by atoms with van der Waals surface area (Å²) in [5.74, 6) is 1.07. The molecule has 6 heteroatoms. The Bertz CT molecular complexity index is 910. The lowest BCUT2D eigenvalue weighted by atomic mass is 10.1. The highest BCUT2D eigenvalue weighted by Gasteiger charge is 2.24. The van der Waals surface area contributed by atoms with Gasteiger partial charge in [-0.2, -0.15) is 5.26 Å². The first-order valence-electron chi connectivity index (χ1n) is 8.85. The summed E-state index contributed by atoms with van der Waals surface area (Å²) < 4.78 is 10.6. The summed E-state index contributed by atoms with van der Waals surface area (Å²) in [6, 6.07) is 17.6. The Morgan fingerprint density at radius 1 is 1.00 bits per heavy atom. The van der Waals surface area contributed by atoms with E-state index in [1.807, 2.05) is 30.3 Å². The van der Waals surface area contributed by atoms with Crippen molar-refractivity contribution in [2.45, 2.75) is 0 Å². The van der Waals surface area contributed by atoms with Crippen molar-refractivity contribution in [1.29, 1.82) is 5.26 Å². The average Bonchev–Trinajstić information content (AvgIpc) is 3.20. The van der Waals surface area contributed by atoms with E-state index < -0.39 is 0 Å². The second kappa shape index (κ2) is 7.42. The van der Waals surface area contributed by atoms with Gasteiger partial charge in [-0.15, -0.1) is 0 Å². The maximum absolute atomic E-state index is 12.8. The van der Waals surface area contributed by atoms with Gasteiger partial charge >= 0.3 is 0 Å². The maximum Gasteiger partial charge on any atom is 0.264 e. The quantitative estimate of drug-likeness (QED) is 0.621. The Hall–Kier alpha value is -3.46. The first-order chi connectivity index (χ1) is 13.2. The van der Waals surface area contributed by atoms with Gasteiger partial charge in [-0.3, -0.25) is 4.79 Å². The number of anilines is 1. The van der Waals surface area contributed by atoms with Crippen LogP contribution in [-0.2, 0) is 4.79 Å². The van der Waals surface area contributed by atoms with Crippen molar-refractivity contribution in [3.05, 3.63) is 59.7 Å². The van der Waals surface area contributed by atoms with Crippen molar-refractivity contribution in [3.8, 4) is 17.6 Å². The molecule has 4 rings (SSSR count). The van der Waals surface area contributed by atoms with Gasteiger partial charge in [0.05, 0.1) is 0 Å². The molecule has 136 valence electrons. The van der Waals surface area contributed by atoms with Crippen LogP contribution in [0.25, 0.3) is 6.08 Å². The third-order valence-electron chi connectivity index (χ3n) is 4.75. The number of carbonyl (C=O) groups excluding carboxylic acids is 1. The highest BCUT2D eigenvalue weighted by molar-refractivity contribution is 6.01. The van der Waals surface area contributed by atoms with Crippen molar-refractivity contribution < 1.29 is 14.3 Å². The molecule has 1 amide bonds. The van der Waals surface area contributed by atoms with Gasteiger partial charge in [0, 0.05) is 31.9 Å². The number of nitriles is 1. The van der Waals surface area contributed by atoms with Crippen LogP contribution in [0, 0.1) is 11.3 Å². The molecule has 0 N–H and O–H groups in total. The number of piperazine rings is 1. The van der Waals surface area contributed by atoms with Crippen LogP contribution in [0.1, 0.15) is 5.56 Å². The van der Waals surface area contributed by atoms with E-state index in [1.54, 1.807) is 23.1 Å². The predicted molar refractivity (Wildman–Crippen MR) is 101 cm³/mol. The minimum Gasteiger partial charge on any atom is -0.454 e. The van der Waals surface area contributed by atoms with Gasteiger partial charge in [-0.05, 0) is 35.9 Å². The Kier molecular flexibility index (Phi) is 4.67. The first-order valence-corrected chi connectivity index (χ1v) is 8.85. The van der Waals surface area contributed by atoms with Crippen LogP contribution in [-0.4, -0.2) is 43.8 Å². The predicted octanol–water partition coefficient (Wildman–Crippen LogP) is 2.67. The maximum atomic E-state index is 12.8. The number of hydrogen-bond acceptors (Lipinski definition) is 5. The Morgan fingerprint density at radius 3 is 2.48 bits per heavy atom. The first kappa shape index (κ1) is 17.0. The zero-order valence-corrected chi connectivity index (χ0v) is 14.8. The van der Waals surface area contributed by atoms with Gasteiger partial charge in [0.15, 0.2) is 11.5 Å². The summed E-state index contributed by atoms with van der Waals surface area (Å²) in [7, 11) is 0. The summed E-state index contributed by atoms with van der Waals surface area (Å²) >= 11 is 0. The van der Waals surface area contributed by atoms with Gasteiger partial charge < -0.3 is 19.3 Å². The van der Waals surface area contributed by atoms with Gasteiger partial charge in [-0.25, -0.2) is 0 Å². The lowest BCUT2D eigenvalue weighted by molar-refractivity contribution is -0.126. The molecule has 0 aliphatic carbocycles. The van der Waals surface area contributed by atoms with Crippen molar-refractivity contribution in [2.75, 3.05) is 37.9 Å². The van der Waals surface area contributed by atoms with E-state index in [4.69, 9.17) is 9.47 Å². The number of fused-ring (bicyclic) bond motifs is 1. The molecule has 2 aliphatic heterocycles. The number of benzene rings is 2. The minimum absolute atomic E-state index is 0.127. The second-order valence-electron chi connectivity index (χ2n) is 6.40. The van der Waals surface area contributed by atoms with Crippen LogP contribution < -0.4 is 14.4 Å². The van der Waals surface area contributed by atoms with E-state index in [-0.39, 0.29) is 18.3 Å². The standard InChI is InChI=1S/C21H19N3O3/c22-14-17(12-16-6-7-19-20(13-16)27-15-26-19)21(25)24-10-8-23(9-11-24)18-4-2-1-3-5-18/h1-7,12-13H,8-11,15H2/b17-12-. The lowest BCUT2D eigenvalue weighted by Gasteiger charge is -2.36. The topological polar surface area (TPSA) is 65.8 Å². The zero-order valence-electron chi connectivity index (χ0n) is 14.8. The van der Waals surface area contributed by atoms with E-state index >= 15 is 0 Å². The van der Waals surface area contributed by atoms with E-state index in [1.165, 1.54) is 0 Å². The van der Waals surface area contributed by atoms with E-state index in [0.717, 1.165) is 24.3 Å². The van der Waals surface area contributed by atoms with Crippen LogP contribution in [0.3, 0.4) is 0 Å². The summed E-state index contributed by atoms with van der Waals surface area (Å²) in [5.41, 5.74) is 2.02. The molecule has 2 aromatic carbocycles. The van der Waals surface area contributed by atoms with Crippen LogP contribution in [0.2, 0.25) is 0 Å². The minimum atomic E-state index is -0.233. The third-order valence-corrected chi connectivity index (χ3v) is 4.75. The fraction of sp³-hybridized carbons (Fsp3) is 0.238. The Morgan fingerprint density at radius 2 is 1.74 bits per heavy atom.